The molecule has 2 aromatic heterocycles. The Morgan fingerprint density at radius 3 is 2.64 bits per heavy atom. The number of hydrogen-bond acceptors (Lipinski definition) is 4. The summed E-state index contributed by atoms with van der Waals surface area (Å²) in [6, 6.07) is 22.2. The Morgan fingerprint density at radius 2 is 1.76 bits per heavy atom. The Morgan fingerprint density at radius 1 is 0.920 bits per heavy atom. The fourth-order valence-electron chi connectivity index (χ4n) is 2.80. The molecule has 2 aromatic carbocycles. The predicted octanol–water partition coefficient (Wildman–Crippen LogP) is 3.60. The second-order valence-corrected chi connectivity index (χ2v) is 5.71. The average Bonchev–Trinajstić information content (AvgIpc) is 2.67. The van der Waals surface area contributed by atoms with E-state index < -0.39 is 5.69 Å². The normalized spacial score (nSPS) is 10.7. The summed E-state index contributed by atoms with van der Waals surface area (Å²) in [5.41, 5.74) is 3.56. The van der Waals surface area contributed by atoms with Crippen LogP contribution in [0, 0.1) is 0 Å². The number of benzene rings is 2. The molecular weight excluding hydrogens is 312 g/mol. The predicted molar refractivity (Wildman–Crippen MR) is 99.4 cm³/mol. The smallest absolute Gasteiger partial charge is 0.348 e. The first kappa shape index (κ1) is 15.1. The van der Waals surface area contributed by atoms with Crippen LogP contribution >= 0.6 is 0 Å². The molecular formula is C20H16N4O. The highest BCUT2D eigenvalue weighted by atomic mass is 16.1. The van der Waals surface area contributed by atoms with Gasteiger partial charge in [-0.3, -0.25) is 4.98 Å². The highest BCUT2D eigenvalue weighted by molar-refractivity contribution is 5.85. The summed E-state index contributed by atoms with van der Waals surface area (Å²) in [4.78, 5) is 22.6. The lowest BCUT2D eigenvalue weighted by Crippen LogP contribution is -2.14. The van der Waals surface area contributed by atoms with Gasteiger partial charge in [-0.2, -0.15) is 4.98 Å². The first-order chi connectivity index (χ1) is 12.3. The second-order valence-electron chi connectivity index (χ2n) is 5.71. The summed E-state index contributed by atoms with van der Waals surface area (Å²) >= 11 is 0. The van der Waals surface area contributed by atoms with Gasteiger partial charge in [0.25, 0.3) is 0 Å². The summed E-state index contributed by atoms with van der Waals surface area (Å²) < 4.78 is 0. The summed E-state index contributed by atoms with van der Waals surface area (Å²) in [5.74, 6) is 0.539. The molecule has 2 heterocycles. The Kier molecular flexibility index (Phi) is 3.96. The Bertz CT molecular complexity index is 1070. The molecule has 0 fully saturated rings. The molecule has 0 amide bonds. The van der Waals surface area contributed by atoms with Crippen molar-refractivity contribution in [3.8, 4) is 11.1 Å². The second kappa shape index (κ2) is 6.57. The molecule has 0 bridgehead atoms. The fraction of sp³-hybridized carbons (Fsp3) is 0.0500. The lowest BCUT2D eigenvalue weighted by Gasteiger charge is -2.09. The van der Waals surface area contributed by atoms with Crippen LogP contribution in [0.3, 0.4) is 0 Å². The number of pyridine rings is 1. The van der Waals surface area contributed by atoms with E-state index in [2.05, 4.69) is 44.5 Å². The van der Waals surface area contributed by atoms with Crippen molar-refractivity contribution < 1.29 is 0 Å². The maximum absolute atomic E-state index is 11.7. The van der Waals surface area contributed by atoms with E-state index in [-0.39, 0.29) is 0 Å². The minimum atomic E-state index is -0.410. The van der Waals surface area contributed by atoms with Crippen LogP contribution in [0.15, 0.2) is 77.7 Å². The van der Waals surface area contributed by atoms with Crippen LogP contribution in [0.2, 0.25) is 0 Å². The summed E-state index contributed by atoms with van der Waals surface area (Å²) in [5, 5.41) is 4.05. The first-order valence-electron chi connectivity index (χ1n) is 8.03. The number of hydrogen-bond donors (Lipinski definition) is 2. The van der Waals surface area contributed by atoms with Gasteiger partial charge in [0.2, 0.25) is 0 Å². The Balaban J connectivity index is 1.61. The van der Waals surface area contributed by atoms with Crippen LogP contribution in [0.4, 0.5) is 5.82 Å². The number of fused-ring (bicyclic) bond motifs is 1. The Labute approximate surface area is 144 Å². The van der Waals surface area contributed by atoms with Crippen LogP contribution in [-0.4, -0.2) is 15.0 Å². The molecule has 5 heteroatoms. The van der Waals surface area contributed by atoms with E-state index in [1.807, 2.05) is 42.5 Å². The number of aromatic amines is 1. The summed E-state index contributed by atoms with van der Waals surface area (Å²) in [6.07, 6.45) is 1.64. The van der Waals surface area contributed by atoms with Gasteiger partial charge in [-0.05, 0) is 34.9 Å². The van der Waals surface area contributed by atoms with E-state index >= 15 is 0 Å². The maximum atomic E-state index is 11.7. The molecule has 5 nitrogen and oxygen atoms in total. The van der Waals surface area contributed by atoms with Crippen LogP contribution in [0.5, 0.6) is 0 Å². The molecule has 0 radical (unpaired) electrons. The zero-order chi connectivity index (χ0) is 17.1. The molecule has 0 unspecified atom stereocenters. The zero-order valence-electron chi connectivity index (χ0n) is 13.4. The van der Waals surface area contributed by atoms with Crippen LogP contribution in [-0.2, 0) is 6.54 Å². The van der Waals surface area contributed by atoms with Gasteiger partial charge in [0.15, 0.2) is 0 Å². The van der Waals surface area contributed by atoms with Gasteiger partial charge in [0.05, 0.1) is 5.39 Å². The van der Waals surface area contributed by atoms with E-state index in [0.29, 0.717) is 18.0 Å². The molecule has 0 spiro atoms. The van der Waals surface area contributed by atoms with Crippen molar-refractivity contribution in [2.24, 2.45) is 0 Å². The molecule has 0 saturated carbocycles. The molecule has 2 N–H and O–H groups in total. The third-order valence-electron chi connectivity index (χ3n) is 4.00. The van der Waals surface area contributed by atoms with Crippen LogP contribution in [0.25, 0.3) is 22.2 Å². The Hall–Kier alpha value is -3.47. The molecule has 4 rings (SSSR count). The van der Waals surface area contributed by atoms with Crippen molar-refractivity contribution in [1.29, 1.82) is 0 Å². The van der Waals surface area contributed by atoms with Gasteiger partial charge in [0.1, 0.15) is 11.5 Å². The topological polar surface area (TPSA) is 70.7 Å². The van der Waals surface area contributed by atoms with Gasteiger partial charge in [-0.15, -0.1) is 0 Å². The number of rotatable bonds is 4. The fourth-order valence-corrected chi connectivity index (χ4v) is 2.80. The number of H-pyrrole nitrogens is 1. The minimum absolute atomic E-state index is 0.410. The number of anilines is 1. The van der Waals surface area contributed by atoms with E-state index in [9.17, 15) is 4.79 Å². The first-order valence-corrected chi connectivity index (χ1v) is 8.03. The largest absolute Gasteiger partial charge is 0.365 e. The summed E-state index contributed by atoms with van der Waals surface area (Å²) in [7, 11) is 0. The van der Waals surface area contributed by atoms with Gasteiger partial charge in [0, 0.05) is 12.7 Å². The van der Waals surface area contributed by atoms with Crippen molar-refractivity contribution >= 4 is 16.9 Å². The average molecular weight is 328 g/mol. The van der Waals surface area contributed by atoms with E-state index in [4.69, 9.17) is 0 Å². The van der Waals surface area contributed by atoms with E-state index in [0.717, 1.165) is 16.5 Å². The highest BCUT2D eigenvalue weighted by Crippen LogP contribution is 2.21. The number of nitrogens with one attached hydrogen (secondary N) is 2. The van der Waals surface area contributed by atoms with Crippen LogP contribution in [0.1, 0.15) is 5.56 Å². The molecule has 0 atom stereocenters. The number of aromatic nitrogens is 3. The lowest BCUT2D eigenvalue weighted by molar-refractivity contribution is 1.05. The van der Waals surface area contributed by atoms with E-state index in [1.165, 1.54) is 5.56 Å². The minimum Gasteiger partial charge on any atom is -0.365 e. The van der Waals surface area contributed by atoms with Gasteiger partial charge >= 0.3 is 5.69 Å². The number of nitrogens with zero attached hydrogens (tertiary/aromatic N) is 2. The molecule has 25 heavy (non-hydrogen) atoms. The van der Waals surface area contributed by atoms with Crippen molar-refractivity contribution in [3.05, 3.63) is 89.0 Å². The van der Waals surface area contributed by atoms with E-state index in [1.54, 1.807) is 6.20 Å². The van der Waals surface area contributed by atoms with Crippen LogP contribution < -0.4 is 11.0 Å². The van der Waals surface area contributed by atoms with Crippen molar-refractivity contribution in [3.63, 3.8) is 0 Å². The highest BCUT2D eigenvalue weighted by Gasteiger charge is 2.06. The van der Waals surface area contributed by atoms with Gasteiger partial charge in [-0.25, -0.2) is 9.78 Å². The summed E-state index contributed by atoms with van der Waals surface area (Å²) in [6.45, 7) is 0.571. The lowest BCUT2D eigenvalue weighted by atomic mass is 10.0. The molecule has 0 aliphatic rings. The van der Waals surface area contributed by atoms with Crippen molar-refractivity contribution in [1.82, 2.24) is 15.0 Å². The standard InChI is InChI=1S/C20H16N4O/c25-20-23-18-17(10-5-11-21-18)19(24-20)22-13-14-6-4-9-16(12-14)15-7-2-1-3-8-15/h1-12H,13H2,(H2,21,22,23,24,25). The monoisotopic (exact) mass is 328 g/mol. The molecule has 122 valence electrons. The molecule has 0 saturated heterocycles. The third kappa shape index (κ3) is 3.26. The maximum Gasteiger partial charge on any atom is 0.348 e. The van der Waals surface area contributed by atoms with Crippen molar-refractivity contribution in [2.45, 2.75) is 6.54 Å². The van der Waals surface area contributed by atoms with Crippen molar-refractivity contribution in [2.75, 3.05) is 5.32 Å². The quantitative estimate of drug-likeness (QED) is 0.600. The SMILES string of the molecule is O=c1nc(NCc2cccc(-c3ccccc3)c2)c2cccnc2[nH]1. The van der Waals surface area contributed by atoms with Gasteiger partial charge < -0.3 is 5.32 Å². The van der Waals surface area contributed by atoms with Gasteiger partial charge in [-0.1, -0.05) is 48.5 Å². The molecule has 0 aliphatic carbocycles. The molecule has 4 aromatic rings. The third-order valence-corrected chi connectivity index (χ3v) is 4.00. The zero-order valence-corrected chi connectivity index (χ0v) is 13.4. The molecule has 0 aliphatic heterocycles.